The van der Waals surface area contributed by atoms with Crippen molar-refractivity contribution in [3.63, 3.8) is 0 Å². The molecule has 120 valence electrons. The minimum absolute atomic E-state index is 0.0135. The molecule has 0 spiro atoms. The Labute approximate surface area is 146 Å². The number of hydrogen-bond acceptors (Lipinski definition) is 5. The van der Waals surface area contributed by atoms with E-state index >= 15 is 0 Å². The van der Waals surface area contributed by atoms with Crippen LogP contribution < -0.4 is 0 Å². The van der Waals surface area contributed by atoms with Gasteiger partial charge in [-0.25, -0.2) is 0 Å². The molecule has 0 aromatic carbocycles. The number of nitrogens with one attached hydrogen (secondary N) is 1. The Morgan fingerprint density at radius 3 is 2.62 bits per heavy atom. The van der Waals surface area contributed by atoms with Crippen LogP contribution in [0.25, 0.3) is 0 Å². The fourth-order valence-electron chi connectivity index (χ4n) is 4.21. The Balaban J connectivity index is 2.23. The summed E-state index contributed by atoms with van der Waals surface area (Å²) in [4.78, 5) is 0.965. The van der Waals surface area contributed by atoms with Gasteiger partial charge in [0.2, 0.25) is 0 Å². The summed E-state index contributed by atoms with van der Waals surface area (Å²) in [6, 6.07) is 10.3. The molecule has 1 aromatic heterocycles. The summed E-state index contributed by atoms with van der Waals surface area (Å²) < 4.78 is 0. The first-order valence-corrected chi connectivity index (χ1v) is 9.05. The Kier molecular flexibility index (Phi) is 4.27. The molecule has 1 fully saturated rings. The van der Waals surface area contributed by atoms with Gasteiger partial charge in [-0.05, 0) is 41.7 Å². The van der Waals surface area contributed by atoms with Gasteiger partial charge in [-0.1, -0.05) is 25.5 Å². The first-order valence-electron chi connectivity index (χ1n) is 8.17. The largest absolute Gasteiger partial charge is 0.305 e. The normalized spacial score (nSPS) is 31.1. The van der Waals surface area contributed by atoms with Gasteiger partial charge in [0, 0.05) is 10.8 Å². The second-order valence-corrected chi connectivity index (χ2v) is 7.54. The van der Waals surface area contributed by atoms with E-state index in [0.717, 1.165) is 29.7 Å². The predicted molar refractivity (Wildman–Crippen MR) is 92.1 cm³/mol. The third-order valence-electron chi connectivity index (χ3n) is 5.53. The van der Waals surface area contributed by atoms with Crippen LogP contribution in [-0.2, 0) is 0 Å². The zero-order valence-electron chi connectivity index (χ0n) is 13.5. The van der Waals surface area contributed by atoms with Gasteiger partial charge < -0.3 is 5.41 Å². The molecule has 0 saturated heterocycles. The lowest BCUT2D eigenvalue weighted by atomic mass is 9.53. The first-order chi connectivity index (χ1) is 11.6. The molecule has 1 heterocycles. The number of fused-ring (bicyclic) bond motifs is 1. The fraction of sp³-hybridized carbons (Fsp3) is 0.474. The molecular formula is C19H18N4S. The van der Waals surface area contributed by atoms with Crippen molar-refractivity contribution in [1.29, 1.82) is 21.2 Å². The zero-order chi connectivity index (χ0) is 17.3. The number of hydrogen-bond donors (Lipinski definition) is 1. The molecule has 5 heteroatoms. The van der Waals surface area contributed by atoms with Gasteiger partial charge >= 0.3 is 0 Å². The van der Waals surface area contributed by atoms with E-state index in [-0.39, 0.29) is 17.5 Å². The maximum Gasteiger partial charge on any atom is 0.190 e. The molecule has 2 aliphatic rings. The Morgan fingerprint density at radius 2 is 2.08 bits per heavy atom. The van der Waals surface area contributed by atoms with E-state index in [1.54, 1.807) is 0 Å². The van der Waals surface area contributed by atoms with E-state index in [9.17, 15) is 15.8 Å². The molecule has 3 unspecified atom stereocenters. The Morgan fingerprint density at radius 1 is 1.33 bits per heavy atom. The number of rotatable bonds is 2. The van der Waals surface area contributed by atoms with Crippen molar-refractivity contribution in [2.45, 2.75) is 32.1 Å². The second-order valence-electron chi connectivity index (χ2n) is 6.56. The average Bonchev–Trinajstić information content (AvgIpc) is 3.14. The van der Waals surface area contributed by atoms with E-state index in [0.29, 0.717) is 5.92 Å². The third-order valence-corrected chi connectivity index (χ3v) is 6.48. The summed E-state index contributed by atoms with van der Waals surface area (Å²) in [6.07, 6.45) is 4.93. The highest BCUT2D eigenvalue weighted by Gasteiger charge is 2.57. The second kappa shape index (κ2) is 6.23. The van der Waals surface area contributed by atoms with E-state index in [4.69, 9.17) is 5.41 Å². The maximum absolute atomic E-state index is 9.87. The SMILES string of the molecule is CCC1CC=C2C(C#N)C(=N)C(C#N)(C#N)C(c3cccs3)[C@H]2C1. The quantitative estimate of drug-likeness (QED) is 0.812. The van der Waals surface area contributed by atoms with Crippen molar-refractivity contribution in [2.24, 2.45) is 23.2 Å². The lowest BCUT2D eigenvalue weighted by molar-refractivity contribution is 0.273. The summed E-state index contributed by atoms with van der Waals surface area (Å²) >= 11 is 1.53. The van der Waals surface area contributed by atoms with E-state index in [1.165, 1.54) is 11.3 Å². The number of nitriles is 3. The van der Waals surface area contributed by atoms with Crippen LogP contribution in [0, 0.1) is 62.6 Å². The molecule has 0 radical (unpaired) electrons. The predicted octanol–water partition coefficient (Wildman–Crippen LogP) is 4.40. The molecule has 3 rings (SSSR count). The molecule has 4 nitrogen and oxygen atoms in total. The lowest BCUT2D eigenvalue weighted by Crippen LogP contribution is -2.49. The van der Waals surface area contributed by atoms with Crippen LogP contribution >= 0.6 is 11.3 Å². The summed E-state index contributed by atoms with van der Waals surface area (Å²) in [7, 11) is 0. The van der Waals surface area contributed by atoms with Crippen LogP contribution in [0.2, 0.25) is 0 Å². The van der Waals surface area contributed by atoms with Crippen LogP contribution in [0.4, 0.5) is 0 Å². The van der Waals surface area contributed by atoms with Crippen LogP contribution in [0.3, 0.4) is 0 Å². The summed E-state index contributed by atoms with van der Waals surface area (Å²) in [5, 5.41) is 39.8. The lowest BCUT2D eigenvalue weighted by Gasteiger charge is -2.46. The molecule has 0 aliphatic heterocycles. The number of allylic oxidation sites excluding steroid dienone is 2. The van der Waals surface area contributed by atoms with Crippen molar-refractivity contribution in [3.8, 4) is 18.2 Å². The standard InChI is InChI=1S/C19H18N4S/c1-2-12-5-6-13-14(8-12)17(16-4-3-7-24-16)19(10-21,11-22)18(23)15(13)9-20/h3-4,6-7,12,14-15,17,23H,2,5,8H2,1H3/t12?,14-,15?,17?/m0/s1. The first kappa shape index (κ1) is 16.4. The van der Waals surface area contributed by atoms with Crippen molar-refractivity contribution in [1.82, 2.24) is 0 Å². The highest BCUT2D eigenvalue weighted by Crippen LogP contribution is 2.56. The van der Waals surface area contributed by atoms with Gasteiger partial charge in [0.1, 0.15) is 5.92 Å². The molecule has 0 bridgehead atoms. The third kappa shape index (κ3) is 2.19. The summed E-state index contributed by atoms with van der Waals surface area (Å²) in [5.41, 5.74) is -0.652. The Hall–Kier alpha value is -2.42. The highest BCUT2D eigenvalue weighted by molar-refractivity contribution is 7.10. The topological polar surface area (TPSA) is 95.2 Å². The van der Waals surface area contributed by atoms with Crippen molar-refractivity contribution in [3.05, 3.63) is 34.0 Å². The summed E-state index contributed by atoms with van der Waals surface area (Å²) in [5.74, 6) is -0.614. The minimum atomic E-state index is -1.55. The van der Waals surface area contributed by atoms with Crippen molar-refractivity contribution < 1.29 is 0 Å². The van der Waals surface area contributed by atoms with E-state index in [1.807, 2.05) is 17.5 Å². The van der Waals surface area contributed by atoms with Gasteiger partial charge in [0.15, 0.2) is 5.41 Å². The molecule has 1 saturated carbocycles. The van der Waals surface area contributed by atoms with Crippen LogP contribution in [0.5, 0.6) is 0 Å². The van der Waals surface area contributed by atoms with Crippen LogP contribution in [-0.4, -0.2) is 5.71 Å². The molecule has 1 aromatic rings. The fourth-order valence-corrected chi connectivity index (χ4v) is 5.17. The number of thiophene rings is 1. The highest BCUT2D eigenvalue weighted by atomic mass is 32.1. The smallest absolute Gasteiger partial charge is 0.190 e. The molecule has 24 heavy (non-hydrogen) atoms. The average molecular weight is 334 g/mol. The van der Waals surface area contributed by atoms with Crippen molar-refractivity contribution >= 4 is 17.0 Å². The summed E-state index contributed by atoms with van der Waals surface area (Å²) in [6.45, 7) is 2.15. The van der Waals surface area contributed by atoms with Crippen LogP contribution in [0.1, 0.15) is 37.0 Å². The van der Waals surface area contributed by atoms with Gasteiger partial charge in [0.05, 0.1) is 23.9 Å². The van der Waals surface area contributed by atoms with E-state index < -0.39 is 11.3 Å². The minimum Gasteiger partial charge on any atom is -0.305 e. The molecular weight excluding hydrogens is 316 g/mol. The zero-order valence-corrected chi connectivity index (χ0v) is 14.3. The van der Waals surface area contributed by atoms with Gasteiger partial charge in [0.25, 0.3) is 0 Å². The monoisotopic (exact) mass is 334 g/mol. The molecule has 4 atom stereocenters. The number of nitrogens with zero attached hydrogens (tertiary/aromatic N) is 3. The van der Waals surface area contributed by atoms with E-state index in [2.05, 4.69) is 31.2 Å². The van der Waals surface area contributed by atoms with Crippen LogP contribution in [0.15, 0.2) is 29.2 Å². The molecule has 2 aliphatic carbocycles. The Bertz CT molecular complexity index is 786. The van der Waals surface area contributed by atoms with Crippen molar-refractivity contribution in [2.75, 3.05) is 0 Å². The molecule has 0 amide bonds. The van der Waals surface area contributed by atoms with Gasteiger partial charge in [-0.2, -0.15) is 15.8 Å². The van der Waals surface area contributed by atoms with Gasteiger partial charge in [-0.3, -0.25) is 0 Å². The maximum atomic E-state index is 9.87. The molecule has 1 N–H and O–H groups in total. The van der Waals surface area contributed by atoms with Gasteiger partial charge in [-0.15, -0.1) is 11.3 Å².